The molecule has 0 unspecified atom stereocenters. The smallest absolute Gasteiger partial charge is 0.219 e. The van der Waals surface area contributed by atoms with Crippen molar-refractivity contribution in [2.75, 3.05) is 0 Å². The van der Waals surface area contributed by atoms with Crippen LogP contribution >= 0.6 is 11.3 Å². The van der Waals surface area contributed by atoms with E-state index >= 15 is 0 Å². The number of carbonyl (C=O) groups is 1. The molecule has 4 heteroatoms. The van der Waals surface area contributed by atoms with Crippen molar-refractivity contribution in [3.8, 4) is 0 Å². The second-order valence-corrected chi connectivity index (χ2v) is 5.85. The van der Waals surface area contributed by atoms with E-state index in [4.69, 9.17) is 5.73 Å². The fourth-order valence-electron chi connectivity index (χ4n) is 1.53. The summed E-state index contributed by atoms with van der Waals surface area (Å²) in [5.74, 6) is -0.266. The number of hydrogen-bond acceptors (Lipinski definition) is 3. The summed E-state index contributed by atoms with van der Waals surface area (Å²) in [5, 5.41) is 3.35. The van der Waals surface area contributed by atoms with Gasteiger partial charge in [-0.2, -0.15) is 0 Å². The molecule has 1 rings (SSSR count). The summed E-state index contributed by atoms with van der Waals surface area (Å²) in [7, 11) is 0. The molecule has 90 valence electrons. The molecule has 0 saturated heterocycles. The number of nitrogens with two attached hydrogens (primary N) is 1. The Balaban J connectivity index is 2.47. The van der Waals surface area contributed by atoms with Crippen molar-refractivity contribution in [2.24, 2.45) is 5.73 Å². The predicted octanol–water partition coefficient (Wildman–Crippen LogP) is 2.05. The molecule has 1 aromatic rings. The van der Waals surface area contributed by atoms with Gasteiger partial charge in [0.2, 0.25) is 5.91 Å². The molecule has 0 atom stereocenters. The van der Waals surface area contributed by atoms with Gasteiger partial charge in [0.25, 0.3) is 0 Å². The molecule has 3 N–H and O–H groups in total. The third-order valence-corrected chi connectivity index (χ3v) is 3.65. The number of thiophene rings is 1. The Kier molecular flexibility index (Phi) is 4.50. The number of carbonyl (C=O) groups excluding carboxylic acids is 1. The van der Waals surface area contributed by atoms with E-state index in [2.05, 4.69) is 24.4 Å². The van der Waals surface area contributed by atoms with Crippen LogP contribution in [0.4, 0.5) is 0 Å². The molecule has 0 spiro atoms. The van der Waals surface area contributed by atoms with E-state index in [1.807, 2.05) is 25.2 Å². The number of hydrogen-bond donors (Lipinski definition) is 2. The van der Waals surface area contributed by atoms with Crippen LogP contribution in [0, 0.1) is 0 Å². The lowest BCUT2D eigenvalue weighted by Gasteiger charge is -2.24. The minimum absolute atomic E-state index is 0.234. The molecule has 1 aromatic heterocycles. The first kappa shape index (κ1) is 13.2. The van der Waals surface area contributed by atoms with E-state index in [0.29, 0.717) is 6.42 Å². The first-order valence-electron chi connectivity index (χ1n) is 5.54. The maximum absolute atomic E-state index is 10.9. The average Bonchev–Trinajstić information content (AvgIpc) is 2.60. The molecule has 16 heavy (non-hydrogen) atoms. The normalized spacial score (nSPS) is 11.7. The molecular formula is C12H20N2OS. The molecular weight excluding hydrogens is 220 g/mol. The molecule has 0 aliphatic heterocycles. The van der Waals surface area contributed by atoms with Gasteiger partial charge in [-0.05, 0) is 32.4 Å². The maximum atomic E-state index is 10.9. The van der Waals surface area contributed by atoms with Gasteiger partial charge in [0.15, 0.2) is 0 Å². The Hall–Kier alpha value is -0.870. The lowest BCUT2D eigenvalue weighted by Crippen LogP contribution is -2.42. The minimum Gasteiger partial charge on any atom is -0.370 e. The Labute approximate surface area is 101 Å². The van der Waals surface area contributed by atoms with Crippen LogP contribution in [0.1, 0.15) is 36.9 Å². The highest BCUT2D eigenvalue weighted by Crippen LogP contribution is 2.18. The zero-order valence-corrected chi connectivity index (χ0v) is 11.0. The number of rotatable bonds is 6. The summed E-state index contributed by atoms with van der Waals surface area (Å²) in [6.07, 6.45) is 1.44. The highest BCUT2D eigenvalue weighted by Gasteiger charge is 2.19. The summed E-state index contributed by atoms with van der Waals surface area (Å²) >= 11 is 1.81. The molecule has 0 fully saturated rings. The highest BCUT2D eigenvalue weighted by molar-refractivity contribution is 7.11. The fourth-order valence-corrected chi connectivity index (χ4v) is 2.43. The highest BCUT2D eigenvalue weighted by atomic mass is 32.1. The van der Waals surface area contributed by atoms with Crippen molar-refractivity contribution < 1.29 is 4.79 Å². The van der Waals surface area contributed by atoms with Crippen LogP contribution in [-0.2, 0) is 17.8 Å². The van der Waals surface area contributed by atoms with E-state index in [1.165, 1.54) is 9.75 Å². The summed E-state index contributed by atoms with van der Waals surface area (Å²) < 4.78 is 0. The summed E-state index contributed by atoms with van der Waals surface area (Å²) in [6.45, 7) is 6.93. The zero-order chi connectivity index (χ0) is 12.2. The predicted molar refractivity (Wildman–Crippen MR) is 68.4 cm³/mol. The lowest BCUT2D eigenvalue weighted by atomic mass is 10.0. The lowest BCUT2D eigenvalue weighted by molar-refractivity contribution is -0.119. The van der Waals surface area contributed by atoms with E-state index in [1.54, 1.807) is 0 Å². The van der Waals surface area contributed by atoms with E-state index in [0.717, 1.165) is 13.0 Å². The molecule has 0 saturated carbocycles. The maximum Gasteiger partial charge on any atom is 0.219 e. The van der Waals surface area contributed by atoms with Gasteiger partial charge < -0.3 is 11.1 Å². The van der Waals surface area contributed by atoms with Crippen LogP contribution in [0.2, 0.25) is 0 Å². The number of nitrogens with one attached hydrogen (secondary N) is 1. The third kappa shape index (κ3) is 4.33. The molecule has 0 bridgehead atoms. The largest absolute Gasteiger partial charge is 0.370 e. The van der Waals surface area contributed by atoms with Crippen molar-refractivity contribution in [3.05, 3.63) is 21.9 Å². The van der Waals surface area contributed by atoms with E-state index in [9.17, 15) is 4.79 Å². The molecule has 0 aliphatic rings. The molecule has 1 heterocycles. The molecule has 3 nitrogen and oxygen atoms in total. The van der Waals surface area contributed by atoms with Crippen LogP contribution in [0.3, 0.4) is 0 Å². The van der Waals surface area contributed by atoms with Crippen LogP contribution in [0.25, 0.3) is 0 Å². The molecule has 1 amide bonds. The molecule has 0 aromatic carbocycles. The zero-order valence-electron chi connectivity index (χ0n) is 10.2. The fraction of sp³-hybridized carbons (Fsp3) is 0.583. The van der Waals surface area contributed by atoms with Gasteiger partial charge in [0.05, 0.1) is 0 Å². The second-order valence-electron chi connectivity index (χ2n) is 4.60. The average molecular weight is 240 g/mol. The van der Waals surface area contributed by atoms with Gasteiger partial charge in [-0.25, -0.2) is 0 Å². The van der Waals surface area contributed by atoms with Crippen molar-refractivity contribution in [1.82, 2.24) is 5.32 Å². The Morgan fingerprint density at radius 3 is 2.56 bits per heavy atom. The first-order valence-corrected chi connectivity index (χ1v) is 6.35. The van der Waals surface area contributed by atoms with Gasteiger partial charge in [-0.15, -0.1) is 11.3 Å². The van der Waals surface area contributed by atoms with Gasteiger partial charge in [0.1, 0.15) is 0 Å². The van der Waals surface area contributed by atoms with Gasteiger partial charge in [0, 0.05) is 28.3 Å². The van der Waals surface area contributed by atoms with Gasteiger partial charge in [-0.1, -0.05) is 6.92 Å². The number of aryl methyl sites for hydroxylation is 1. The van der Waals surface area contributed by atoms with Gasteiger partial charge >= 0.3 is 0 Å². The van der Waals surface area contributed by atoms with Crippen LogP contribution in [0.15, 0.2) is 12.1 Å². The van der Waals surface area contributed by atoms with Gasteiger partial charge in [-0.3, -0.25) is 4.79 Å². The number of primary amides is 1. The third-order valence-electron chi connectivity index (χ3n) is 2.42. The van der Waals surface area contributed by atoms with Crippen LogP contribution in [-0.4, -0.2) is 11.4 Å². The molecule has 0 radical (unpaired) electrons. The standard InChI is InChI=1S/C12H20N2OS/c1-4-9-5-6-10(16-9)8-14-12(2,3)7-11(13)15/h5-6,14H,4,7-8H2,1-3H3,(H2,13,15). The van der Waals surface area contributed by atoms with Crippen molar-refractivity contribution >= 4 is 17.2 Å². The SMILES string of the molecule is CCc1ccc(CNC(C)(C)CC(N)=O)s1. The summed E-state index contributed by atoms with van der Waals surface area (Å²) in [5.41, 5.74) is 4.96. The molecule has 0 aliphatic carbocycles. The van der Waals surface area contributed by atoms with E-state index in [-0.39, 0.29) is 11.4 Å². The monoisotopic (exact) mass is 240 g/mol. The topological polar surface area (TPSA) is 55.1 Å². The summed E-state index contributed by atoms with van der Waals surface area (Å²) in [4.78, 5) is 13.6. The van der Waals surface area contributed by atoms with Crippen molar-refractivity contribution in [2.45, 2.75) is 45.7 Å². The van der Waals surface area contributed by atoms with Crippen molar-refractivity contribution in [1.29, 1.82) is 0 Å². The minimum atomic E-state index is -0.266. The van der Waals surface area contributed by atoms with E-state index < -0.39 is 0 Å². The number of amides is 1. The van der Waals surface area contributed by atoms with Crippen LogP contribution in [0.5, 0.6) is 0 Å². The summed E-state index contributed by atoms with van der Waals surface area (Å²) in [6, 6.07) is 4.29. The first-order chi connectivity index (χ1) is 7.43. The van der Waals surface area contributed by atoms with Crippen LogP contribution < -0.4 is 11.1 Å². The Bertz CT molecular complexity index is 358. The quantitative estimate of drug-likeness (QED) is 0.799. The Morgan fingerprint density at radius 2 is 2.06 bits per heavy atom. The Morgan fingerprint density at radius 1 is 1.44 bits per heavy atom. The van der Waals surface area contributed by atoms with Crippen molar-refractivity contribution in [3.63, 3.8) is 0 Å². The second kappa shape index (κ2) is 5.46.